The summed E-state index contributed by atoms with van der Waals surface area (Å²) >= 11 is 0. The summed E-state index contributed by atoms with van der Waals surface area (Å²) in [6.45, 7) is 3.49. The van der Waals surface area contributed by atoms with Gasteiger partial charge in [0.15, 0.2) is 11.4 Å². The second kappa shape index (κ2) is 6.03. The van der Waals surface area contributed by atoms with E-state index in [9.17, 15) is 14.0 Å². The van der Waals surface area contributed by atoms with Crippen molar-refractivity contribution >= 4 is 16.9 Å². The highest BCUT2D eigenvalue weighted by Crippen LogP contribution is 2.24. The molecule has 1 aromatic carbocycles. The van der Waals surface area contributed by atoms with E-state index < -0.39 is 0 Å². The third-order valence-corrected chi connectivity index (χ3v) is 4.19. The lowest BCUT2D eigenvalue weighted by atomic mass is 10.0. The van der Waals surface area contributed by atoms with Crippen molar-refractivity contribution in [3.63, 3.8) is 0 Å². The van der Waals surface area contributed by atoms with Crippen molar-refractivity contribution in [3.8, 4) is 11.1 Å². The summed E-state index contributed by atoms with van der Waals surface area (Å²) in [6.07, 6.45) is 2.02. The minimum absolute atomic E-state index is 0.0207. The van der Waals surface area contributed by atoms with E-state index in [1.807, 2.05) is 6.07 Å². The average molecular weight is 327 g/mol. The quantitative estimate of drug-likeness (QED) is 0.740. The Bertz CT molecular complexity index is 1000. The molecule has 0 amide bonds. The molecule has 0 unspecified atom stereocenters. The van der Waals surface area contributed by atoms with Gasteiger partial charge in [-0.05, 0) is 36.2 Å². The number of ketones is 1. The molecular weight excluding hydrogens is 309 g/mol. The number of imidazole rings is 1. The lowest BCUT2D eigenvalue weighted by Crippen LogP contribution is -2.25. The molecule has 0 saturated carbocycles. The highest BCUT2D eigenvalue weighted by molar-refractivity contribution is 5.83. The van der Waals surface area contributed by atoms with Crippen LogP contribution in [0.3, 0.4) is 0 Å². The van der Waals surface area contributed by atoms with Crippen LogP contribution in [0.2, 0.25) is 0 Å². The van der Waals surface area contributed by atoms with Gasteiger partial charge in [-0.2, -0.15) is 0 Å². The van der Waals surface area contributed by atoms with Crippen LogP contribution in [0.25, 0.3) is 22.3 Å². The van der Waals surface area contributed by atoms with E-state index in [4.69, 9.17) is 0 Å². The fraction of sp³-hybridized carbons (Fsp3) is 0.278. The number of benzene rings is 1. The van der Waals surface area contributed by atoms with Gasteiger partial charge in [-0.25, -0.2) is 14.2 Å². The first-order valence-electron chi connectivity index (χ1n) is 7.76. The molecule has 124 valence electrons. The molecule has 2 heterocycles. The first-order valence-corrected chi connectivity index (χ1v) is 7.76. The minimum atomic E-state index is -0.272. The van der Waals surface area contributed by atoms with Crippen LogP contribution in [0.4, 0.5) is 4.39 Å². The Hall–Kier alpha value is -2.76. The first-order chi connectivity index (χ1) is 11.4. The summed E-state index contributed by atoms with van der Waals surface area (Å²) in [6, 6.07) is 6.64. The van der Waals surface area contributed by atoms with Crippen LogP contribution < -0.4 is 5.69 Å². The van der Waals surface area contributed by atoms with Gasteiger partial charge in [0.05, 0.1) is 12.1 Å². The van der Waals surface area contributed by atoms with Crippen LogP contribution in [-0.4, -0.2) is 19.9 Å². The molecule has 3 rings (SSSR count). The number of nitrogens with zero attached hydrogens (tertiary/aromatic N) is 3. The smallest absolute Gasteiger partial charge is 0.298 e. The van der Waals surface area contributed by atoms with Gasteiger partial charge in [-0.3, -0.25) is 13.9 Å². The van der Waals surface area contributed by atoms with Gasteiger partial charge in [-0.1, -0.05) is 13.0 Å². The van der Waals surface area contributed by atoms with Crippen molar-refractivity contribution < 1.29 is 9.18 Å². The topological polar surface area (TPSA) is 56.9 Å². The molecule has 0 aliphatic heterocycles. The van der Waals surface area contributed by atoms with Crippen LogP contribution >= 0.6 is 0 Å². The zero-order chi connectivity index (χ0) is 17.4. The molecule has 0 aliphatic rings. The maximum absolute atomic E-state index is 13.5. The third-order valence-electron chi connectivity index (χ3n) is 4.19. The number of aromatic nitrogens is 3. The van der Waals surface area contributed by atoms with E-state index in [-0.39, 0.29) is 23.8 Å². The Labute approximate surface area is 138 Å². The normalized spacial score (nSPS) is 11.2. The summed E-state index contributed by atoms with van der Waals surface area (Å²) in [5.74, 6) is -0.287. The van der Waals surface area contributed by atoms with Gasteiger partial charge in [0, 0.05) is 25.2 Å². The fourth-order valence-corrected chi connectivity index (χ4v) is 2.70. The Kier molecular flexibility index (Phi) is 4.05. The maximum Gasteiger partial charge on any atom is 0.330 e. The van der Waals surface area contributed by atoms with Gasteiger partial charge in [-0.15, -0.1) is 0 Å². The van der Waals surface area contributed by atoms with Gasteiger partial charge < -0.3 is 0 Å². The number of Topliss-reactive ketones (excluding diaryl/α,β-unsaturated/α-hetero) is 1. The van der Waals surface area contributed by atoms with Crippen LogP contribution in [0.15, 0.2) is 35.3 Å². The molecule has 0 atom stereocenters. The number of pyridine rings is 1. The Morgan fingerprint density at radius 3 is 2.67 bits per heavy atom. The largest absolute Gasteiger partial charge is 0.330 e. The molecule has 0 radical (unpaired) electrons. The minimum Gasteiger partial charge on any atom is -0.298 e. The summed E-state index contributed by atoms with van der Waals surface area (Å²) in [4.78, 5) is 28.5. The van der Waals surface area contributed by atoms with Crippen LogP contribution in [-0.2, 0) is 18.4 Å². The summed E-state index contributed by atoms with van der Waals surface area (Å²) in [7, 11) is 1.63. The Morgan fingerprint density at radius 2 is 2.00 bits per heavy atom. The molecule has 5 nitrogen and oxygen atoms in total. The molecule has 2 aromatic heterocycles. The highest BCUT2D eigenvalue weighted by atomic mass is 19.1. The molecule has 6 heteroatoms. The second-order valence-corrected chi connectivity index (χ2v) is 5.85. The first kappa shape index (κ1) is 16.1. The van der Waals surface area contributed by atoms with Gasteiger partial charge >= 0.3 is 5.69 Å². The van der Waals surface area contributed by atoms with Crippen LogP contribution in [0.5, 0.6) is 0 Å². The predicted molar refractivity (Wildman–Crippen MR) is 90.4 cm³/mol. The molecule has 0 saturated heterocycles. The maximum atomic E-state index is 13.5. The van der Waals surface area contributed by atoms with E-state index in [0.717, 1.165) is 11.1 Å². The van der Waals surface area contributed by atoms with Crippen molar-refractivity contribution in [2.45, 2.75) is 26.8 Å². The lowest BCUT2D eigenvalue weighted by Gasteiger charge is -2.06. The number of hydrogen-bond donors (Lipinski definition) is 0. The lowest BCUT2D eigenvalue weighted by molar-refractivity contribution is -0.119. The fourth-order valence-electron chi connectivity index (χ4n) is 2.70. The Balaban J connectivity index is 2.19. The van der Waals surface area contributed by atoms with Gasteiger partial charge in [0.2, 0.25) is 0 Å². The molecule has 0 fully saturated rings. The SMILES string of the molecule is CCC(=O)Cn1c(=O)n(C)c2ncc(-c3ccc(F)c(C)c3)cc21. The molecular formula is C18H18FN3O2. The molecule has 24 heavy (non-hydrogen) atoms. The monoisotopic (exact) mass is 327 g/mol. The Morgan fingerprint density at radius 1 is 1.25 bits per heavy atom. The third kappa shape index (κ3) is 2.64. The van der Waals surface area contributed by atoms with E-state index in [1.54, 1.807) is 39.2 Å². The van der Waals surface area contributed by atoms with Crippen molar-refractivity contribution in [2.75, 3.05) is 0 Å². The molecule has 0 bridgehead atoms. The highest BCUT2D eigenvalue weighted by Gasteiger charge is 2.15. The number of aryl methyl sites for hydroxylation is 2. The van der Waals surface area contributed by atoms with Gasteiger partial charge in [0.25, 0.3) is 0 Å². The van der Waals surface area contributed by atoms with Crippen LogP contribution in [0, 0.1) is 12.7 Å². The summed E-state index contributed by atoms with van der Waals surface area (Å²) in [5, 5.41) is 0. The molecule has 0 N–H and O–H groups in total. The van der Waals surface area contributed by atoms with Crippen LogP contribution in [0.1, 0.15) is 18.9 Å². The van der Waals surface area contributed by atoms with Crippen molar-refractivity contribution in [1.82, 2.24) is 14.1 Å². The standard InChI is InChI=1S/C18H18FN3O2/c1-4-14(23)10-22-16-8-13(9-20-17(16)21(3)18(22)24)12-5-6-15(19)11(2)7-12/h5-9H,4,10H2,1-3H3. The molecule has 3 aromatic rings. The number of rotatable bonds is 4. The number of carbonyl (C=O) groups excluding carboxylic acids is 1. The van der Waals surface area contributed by atoms with E-state index in [1.165, 1.54) is 15.2 Å². The number of carbonyl (C=O) groups is 1. The predicted octanol–water partition coefficient (Wildman–Crippen LogP) is 2.83. The summed E-state index contributed by atoms with van der Waals surface area (Å²) in [5.41, 5.74) is 2.98. The zero-order valence-corrected chi connectivity index (χ0v) is 13.8. The summed E-state index contributed by atoms with van der Waals surface area (Å²) < 4.78 is 16.3. The number of halogens is 1. The second-order valence-electron chi connectivity index (χ2n) is 5.85. The van der Waals surface area contributed by atoms with E-state index >= 15 is 0 Å². The number of fused-ring (bicyclic) bond motifs is 1. The van der Waals surface area contributed by atoms with E-state index in [2.05, 4.69) is 4.98 Å². The van der Waals surface area contributed by atoms with Crippen molar-refractivity contribution in [3.05, 3.63) is 52.3 Å². The average Bonchev–Trinajstić information content (AvgIpc) is 2.81. The zero-order valence-electron chi connectivity index (χ0n) is 13.8. The van der Waals surface area contributed by atoms with Crippen molar-refractivity contribution in [2.24, 2.45) is 7.05 Å². The molecule has 0 spiro atoms. The van der Waals surface area contributed by atoms with Crippen molar-refractivity contribution in [1.29, 1.82) is 0 Å². The van der Waals surface area contributed by atoms with Gasteiger partial charge in [0.1, 0.15) is 5.82 Å². The molecule has 0 aliphatic carbocycles. The van der Waals surface area contributed by atoms with E-state index in [0.29, 0.717) is 23.1 Å². The number of hydrogen-bond acceptors (Lipinski definition) is 3.